The van der Waals surface area contributed by atoms with E-state index in [0.717, 1.165) is 43.9 Å². The molecule has 1 saturated heterocycles. The van der Waals surface area contributed by atoms with Gasteiger partial charge in [0.05, 0.1) is 19.3 Å². The van der Waals surface area contributed by atoms with Crippen molar-refractivity contribution in [2.24, 2.45) is 16.8 Å². The third-order valence-corrected chi connectivity index (χ3v) is 5.82. The molecule has 0 spiro atoms. The van der Waals surface area contributed by atoms with Crippen LogP contribution in [0.3, 0.4) is 0 Å². The lowest BCUT2D eigenvalue weighted by atomic mass is 10.1. The minimum Gasteiger partial charge on any atom is -0.389 e. The maximum atomic E-state index is 10.1. The number of rotatable bonds is 8. The van der Waals surface area contributed by atoms with Crippen molar-refractivity contribution in [2.75, 3.05) is 45.1 Å². The molecule has 1 aliphatic heterocycles. The molecule has 2 atom stereocenters. The van der Waals surface area contributed by atoms with E-state index in [1.54, 1.807) is 0 Å². The fourth-order valence-corrected chi connectivity index (χ4v) is 3.90. The number of aliphatic hydroxyl groups is 1. The lowest BCUT2D eigenvalue weighted by Crippen LogP contribution is -2.49. The number of guanidine groups is 1. The molecule has 2 N–H and O–H groups in total. The van der Waals surface area contributed by atoms with Crippen molar-refractivity contribution in [3.63, 3.8) is 0 Å². The Hall–Kier alpha value is 0.270. The number of aliphatic hydroxyl groups excluding tert-OH is 1. The zero-order valence-electron chi connectivity index (χ0n) is 15.2. The van der Waals surface area contributed by atoms with Crippen LogP contribution in [0.5, 0.6) is 0 Å². The van der Waals surface area contributed by atoms with Crippen molar-refractivity contribution in [2.45, 2.75) is 45.0 Å². The van der Waals surface area contributed by atoms with Gasteiger partial charge in [-0.1, -0.05) is 13.8 Å². The number of nitrogens with zero attached hydrogens (tertiary/aromatic N) is 2. The second-order valence-electron chi connectivity index (χ2n) is 6.93. The summed E-state index contributed by atoms with van der Waals surface area (Å²) in [6.07, 6.45) is 2.05. The monoisotopic (exact) mass is 471 g/mol. The zero-order chi connectivity index (χ0) is 16.7. The fourth-order valence-electron chi connectivity index (χ4n) is 2.60. The van der Waals surface area contributed by atoms with Gasteiger partial charge < -0.3 is 20.1 Å². The molecule has 2 unspecified atom stereocenters. The molecule has 0 aromatic heterocycles. The molecule has 0 amide bonds. The standard InChI is InChI=1S/C17H33N3O2S.HI/c1-4-18-17(20-7-8-23-16(10-20)13(2)3)19-9-15(21)12-22-11-14-5-6-14;/h13-16,21H,4-12H2,1-3H3,(H,18,19);1H. The van der Waals surface area contributed by atoms with Gasteiger partial charge >= 0.3 is 0 Å². The summed E-state index contributed by atoms with van der Waals surface area (Å²) in [6.45, 7) is 11.1. The first-order valence-corrected chi connectivity index (χ1v) is 10.1. The number of hydrogen-bond donors (Lipinski definition) is 2. The van der Waals surface area contributed by atoms with Crippen molar-refractivity contribution in [1.82, 2.24) is 10.2 Å². The lowest BCUT2D eigenvalue weighted by Gasteiger charge is -2.36. The minimum absolute atomic E-state index is 0. The predicted molar refractivity (Wildman–Crippen MR) is 114 cm³/mol. The van der Waals surface area contributed by atoms with Gasteiger partial charge in [-0.25, -0.2) is 0 Å². The van der Waals surface area contributed by atoms with Gasteiger partial charge in [-0.15, -0.1) is 24.0 Å². The van der Waals surface area contributed by atoms with Gasteiger partial charge in [0.2, 0.25) is 0 Å². The number of ether oxygens (including phenoxy) is 1. The van der Waals surface area contributed by atoms with E-state index in [2.05, 4.69) is 47.7 Å². The van der Waals surface area contributed by atoms with Crippen molar-refractivity contribution in [3.8, 4) is 0 Å². The summed E-state index contributed by atoms with van der Waals surface area (Å²) in [6, 6.07) is 0. The summed E-state index contributed by atoms with van der Waals surface area (Å²) in [5, 5.41) is 14.1. The van der Waals surface area contributed by atoms with Gasteiger partial charge in [-0.05, 0) is 31.6 Å². The first-order chi connectivity index (χ1) is 11.1. The van der Waals surface area contributed by atoms with Gasteiger partial charge in [0.15, 0.2) is 5.96 Å². The van der Waals surface area contributed by atoms with Crippen LogP contribution >= 0.6 is 35.7 Å². The van der Waals surface area contributed by atoms with Gasteiger partial charge in [0.25, 0.3) is 0 Å². The van der Waals surface area contributed by atoms with Crippen molar-refractivity contribution >= 4 is 41.7 Å². The largest absolute Gasteiger partial charge is 0.389 e. The maximum Gasteiger partial charge on any atom is 0.194 e. The van der Waals surface area contributed by atoms with Crippen molar-refractivity contribution < 1.29 is 9.84 Å². The molecule has 142 valence electrons. The lowest BCUT2D eigenvalue weighted by molar-refractivity contribution is 0.0367. The van der Waals surface area contributed by atoms with Crippen LogP contribution in [-0.4, -0.2) is 72.5 Å². The number of halogens is 1. The molecule has 0 aromatic carbocycles. The minimum atomic E-state index is -0.512. The molecule has 0 bridgehead atoms. The van der Waals surface area contributed by atoms with Gasteiger partial charge in [0.1, 0.15) is 0 Å². The molecule has 2 fully saturated rings. The van der Waals surface area contributed by atoms with Gasteiger partial charge in [-0.3, -0.25) is 4.99 Å². The maximum absolute atomic E-state index is 10.1. The third kappa shape index (κ3) is 8.10. The van der Waals surface area contributed by atoms with Crippen LogP contribution in [0.2, 0.25) is 0 Å². The van der Waals surface area contributed by atoms with E-state index >= 15 is 0 Å². The summed E-state index contributed by atoms with van der Waals surface area (Å²) in [5.41, 5.74) is 0. The Balaban J connectivity index is 0.00000288. The molecular formula is C17H34IN3O2S. The Morgan fingerprint density at radius 1 is 1.42 bits per heavy atom. The van der Waals surface area contributed by atoms with Gasteiger partial charge in [0, 0.05) is 37.2 Å². The second kappa shape index (κ2) is 11.8. The summed E-state index contributed by atoms with van der Waals surface area (Å²) in [7, 11) is 0. The van der Waals surface area contributed by atoms with Crippen LogP contribution in [0.4, 0.5) is 0 Å². The first-order valence-electron chi connectivity index (χ1n) is 9.00. The number of nitrogens with one attached hydrogen (secondary N) is 1. The highest BCUT2D eigenvalue weighted by Crippen LogP contribution is 2.28. The van der Waals surface area contributed by atoms with E-state index < -0.39 is 6.10 Å². The molecule has 0 radical (unpaired) electrons. The predicted octanol–water partition coefficient (Wildman–Crippen LogP) is 2.43. The molecule has 2 rings (SSSR count). The SMILES string of the molecule is CCNC(=NCC(O)COCC1CC1)N1CCSC(C(C)C)C1.I. The van der Waals surface area contributed by atoms with Crippen LogP contribution < -0.4 is 5.32 Å². The third-order valence-electron chi connectivity index (χ3n) is 4.28. The molecular weight excluding hydrogens is 437 g/mol. The number of hydrogen-bond acceptors (Lipinski definition) is 4. The fraction of sp³-hybridized carbons (Fsp3) is 0.941. The van der Waals surface area contributed by atoms with E-state index in [0.29, 0.717) is 24.3 Å². The van der Waals surface area contributed by atoms with Crippen LogP contribution in [0.25, 0.3) is 0 Å². The van der Waals surface area contributed by atoms with E-state index in [1.165, 1.54) is 12.8 Å². The summed E-state index contributed by atoms with van der Waals surface area (Å²) >= 11 is 2.06. The Morgan fingerprint density at radius 3 is 2.79 bits per heavy atom. The number of aliphatic imine (C=N–C) groups is 1. The highest BCUT2D eigenvalue weighted by molar-refractivity contribution is 14.0. The molecule has 7 heteroatoms. The summed E-state index contributed by atoms with van der Waals surface area (Å²) < 4.78 is 5.55. The van der Waals surface area contributed by atoms with Crippen LogP contribution in [0.1, 0.15) is 33.6 Å². The van der Waals surface area contributed by atoms with Gasteiger partial charge in [-0.2, -0.15) is 11.8 Å². The first kappa shape index (κ1) is 22.3. The molecule has 24 heavy (non-hydrogen) atoms. The van der Waals surface area contributed by atoms with Crippen LogP contribution in [-0.2, 0) is 4.74 Å². The Labute approximate surface area is 168 Å². The molecule has 5 nitrogen and oxygen atoms in total. The normalized spacial score (nSPS) is 23.1. The Bertz CT molecular complexity index is 381. The number of thioether (sulfide) groups is 1. The van der Waals surface area contributed by atoms with Crippen molar-refractivity contribution in [3.05, 3.63) is 0 Å². The topological polar surface area (TPSA) is 57.1 Å². The van der Waals surface area contributed by atoms with E-state index in [9.17, 15) is 5.11 Å². The van der Waals surface area contributed by atoms with Crippen molar-refractivity contribution in [1.29, 1.82) is 0 Å². The Kier molecular flexibility index (Phi) is 11.0. The quantitative estimate of drug-likeness (QED) is 0.324. The molecule has 1 heterocycles. The van der Waals surface area contributed by atoms with E-state index in [4.69, 9.17) is 4.74 Å². The van der Waals surface area contributed by atoms with E-state index in [1.807, 2.05) is 0 Å². The zero-order valence-corrected chi connectivity index (χ0v) is 18.4. The summed E-state index contributed by atoms with van der Waals surface area (Å²) in [4.78, 5) is 6.97. The molecule has 1 aliphatic carbocycles. The average molecular weight is 471 g/mol. The van der Waals surface area contributed by atoms with Crippen LogP contribution in [0, 0.1) is 11.8 Å². The molecule has 1 saturated carbocycles. The Morgan fingerprint density at radius 2 is 2.17 bits per heavy atom. The molecule has 0 aromatic rings. The smallest absolute Gasteiger partial charge is 0.194 e. The highest BCUT2D eigenvalue weighted by atomic mass is 127. The summed E-state index contributed by atoms with van der Waals surface area (Å²) in [5.74, 6) is 3.48. The average Bonchev–Trinajstić information content (AvgIpc) is 3.35. The van der Waals surface area contributed by atoms with E-state index in [-0.39, 0.29) is 24.0 Å². The van der Waals surface area contributed by atoms with Crippen LogP contribution in [0.15, 0.2) is 4.99 Å². The molecule has 2 aliphatic rings. The second-order valence-corrected chi connectivity index (χ2v) is 8.28. The highest BCUT2D eigenvalue weighted by Gasteiger charge is 2.25.